The van der Waals surface area contributed by atoms with Crippen LogP contribution in [0.2, 0.25) is 0 Å². The Kier molecular flexibility index (Phi) is 3.19. The van der Waals surface area contributed by atoms with Gasteiger partial charge < -0.3 is 10.4 Å². The maximum atomic E-state index is 11.0. The van der Waals surface area contributed by atoms with E-state index in [9.17, 15) is 4.79 Å². The van der Waals surface area contributed by atoms with Crippen LogP contribution in [-0.2, 0) is 0 Å². The van der Waals surface area contributed by atoms with Crippen molar-refractivity contribution in [2.24, 2.45) is 11.8 Å². The number of nitrogens with one attached hydrogen (secondary N) is 1. The molecule has 1 aliphatic carbocycles. The molecule has 1 fully saturated rings. The normalized spacial score (nSPS) is 22.9. The Morgan fingerprint density at radius 3 is 2.88 bits per heavy atom. The standard InChI is InChI=1S/C12H14BrNO2/c1-7-4-8(7)6-14-11-5-9(13)2-3-10(11)12(15)16/h2-3,5,7-8,14H,4,6H2,1H3,(H,15,16). The SMILES string of the molecule is CC1CC1CNc1cc(Br)ccc1C(=O)O. The zero-order chi connectivity index (χ0) is 11.7. The maximum absolute atomic E-state index is 11.0. The highest BCUT2D eigenvalue weighted by Crippen LogP contribution is 2.37. The van der Waals surface area contributed by atoms with E-state index in [-0.39, 0.29) is 0 Å². The summed E-state index contributed by atoms with van der Waals surface area (Å²) in [7, 11) is 0. The summed E-state index contributed by atoms with van der Waals surface area (Å²) >= 11 is 3.35. The van der Waals surface area contributed by atoms with Gasteiger partial charge in [-0.15, -0.1) is 0 Å². The summed E-state index contributed by atoms with van der Waals surface area (Å²) in [4.78, 5) is 11.0. The van der Waals surface area contributed by atoms with Crippen molar-refractivity contribution in [2.75, 3.05) is 11.9 Å². The molecule has 0 heterocycles. The van der Waals surface area contributed by atoms with Crippen LogP contribution in [0.5, 0.6) is 0 Å². The first-order chi connectivity index (χ1) is 7.58. The lowest BCUT2D eigenvalue weighted by atomic mass is 10.1. The smallest absolute Gasteiger partial charge is 0.337 e. The number of hydrogen-bond acceptors (Lipinski definition) is 2. The van der Waals surface area contributed by atoms with Gasteiger partial charge in [-0.2, -0.15) is 0 Å². The minimum Gasteiger partial charge on any atom is -0.478 e. The van der Waals surface area contributed by atoms with E-state index in [1.54, 1.807) is 12.1 Å². The second-order valence-corrected chi connectivity index (χ2v) is 5.26. The molecule has 86 valence electrons. The largest absolute Gasteiger partial charge is 0.478 e. The van der Waals surface area contributed by atoms with Crippen LogP contribution < -0.4 is 5.32 Å². The monoisotopic (exact) mass is 283 g/mol. The molecule has 0 radical (unpaired) electrons. The zero-order valence-electron chi connectivity index (χ0n) is 9.03. The minimum atomic E-state index is -0.890. The van der Waals surface area contributed by atoms with Gasteiger partial charge >= 0.3 is 5.97 Å². The van der Waals surface area contributed by atoms with Crippen LogP contribution in [0.4, 0.5) is 5.69 Å². The van der Waals surface area contributed by atoms with Crippen molar-refractivity contribution in [3.05, 3.63) is 28.2 Å². The zero-order valence-corrected chi connectivity index (χ0v) is 10.6. The van der Waals surface area contributed by atoms with E-state index in [0.29, 0.717) is 17.2 Å². The maximum Gasteiger partial charge on any atom is 0.337 e. The third-order valence-corrected chi connectivity index (χ3v) is 3.54. The summed E-state index contributed by atoms with van der Waals surface area (Å²) in [6.07, 6.45) is 1.24. The van der Waals surface area contributed by atoms with Gasteiger partial charge in [0.2, 0.25) is 0 Å². The van der Waals surface area contributed by atoms with Crippen molar-refractivity contribution in [1.29, 1.82) is 0 Å². The molecule has 2 atom stereocenters. The molecule has 1 aromatic rings. The highest BCUT2D eigenvalue weighted by Gasteiger charge is 2.32. The third kappa shape index (κ3) is 2.55. The van der Waals surface area contributed by atoms with E-state index in [1.165, 1.54) is 6.42 Å². The number of aromatic carboxylic acids is 1. The Morgan fingerprint density at radius 1 is 1.62 bits per heavy atom. The first-order valence-corrected chi connectivity index (χ1v) is 6.14. The van der Waals surface area contributed by atoms with Gasteiger partial charge in [-0.25, -0.2) is 4.79 Å². The predicted molar refractivity (Wildman–Crippen MR) is 66.9 cm³/mol. The molecule has 2 N–H and O–H groups in total. The van der Waals surface area contributed by atoms with Gasteiger partial charge in [-0.05, 0) is 36.5 Å². The van der Waals surface area contributed by atoms with Crippen LogP contribution in [0.1, 0.15) is 23.7 Å². The number of carbonyl (C=O) groups is 1. The highest BCUT2D eigenvalue weighted by atomic mass is 79.9. The lowest BCUT2D eigenvalue weighted by molar-refractivity contribution is 0.0698. The van der Waals surface area contributed by atoms with Gasteiger partial charge in [0.15, 0.2) is 0 Å². The molecule has 1 aliphatic rings. The second kappa shape index (κ2) is 4.45. The first-order valence-electron chi connectivity index (χ1n) is 5.34. The van der Waals surface area contributed by atoms with E-state index in [0.717, 1.165) is 16.9 Å². The molecule has 0 spiro atoms. The molecule has 0 saturated heterocycles. The molecular formula is C12H14BrNO2. The molecule has 1 saturated carbocycles. The third-order valence-electron chi connectivity index (χ3n) is 3.04. The lowest BCUT2D eigenvalue weighted by Gasteiger charge is -2.09. The van der Waals surface area contributed by atoms with E-state index in [2.05, 4.69) is 28.2 Å². The number of carboxylic acids is 1. The summed E-state index contributed by atoms with van der Waals surface area (Å²) in [5, 5.41) is 12.3. The van der Waals surface area contributed by atoms with Crippen molar-refractivity contribution < 1.29 is 9.90 Å². The summed E-state index contributed by atoms with van der Waals surface area (Å²) in [5.41, 5.74) is 1.03. The lowest BCUT2D eigenvalue weighted by Crippen LogP contribution is -2.09. The molecule has 2 unspecified atom stereocenters. The summed E-state index contributed by atoms with van der Waals surface area (Å²) in [5.74, 6) is 0.576. The Labute approximate surface area is 103 Å². The van der Waals surface area contributed by atoms with Crippen LogP contribution in [0.3, 0.4) is 0 Å². The second-order valence-electron chi connectivity index (χ2n) is 4.35. The van der Waals surface area contributed by atoms with Gasteiger partial charge in [-0.3, -0.25) is 0 Å². The molecule has 1 aromatic carbocycles. The van der Waals surface area contributed by atoms with Crippen LogP contribution in [0, 0.1) is 11.8 Å². The van der Waals surface area contributed by atoms with E-state index < -0.39 is 5.97 Å². The van der Waals surface area contributed by atoms with Gasteiger partial charge in [0, 0.05) is 16.7 Å². The Hall–Kier alpha value is -1.03. The molecule has 0 aromatic heterocycles. The summed E-state index contributed by atoms with van der Waals surface area (Å²) in [6, 6.07) is 5.18. The molecule has 0 bridgehead atoms. The molecule has 16 heavy (non-hydrogen) atoms. The summed E-state index contributed by atoms with van der Waals surface area (Å²) in [6.45, 7) is 3.07. The van der Waals surface area contributed by atoms with Crippen LogP contribution in [0.25, 0.3) is 0 Å². The highest BCUT2D eigenvalue weighted by molar-refractivity contribution is 9.10. The van der Waals surface area contributed by atoms with E-state index in [1.807, 2.05) is 6.07 Å². The average molecular weight is 284 g/mol. The molecule has 0 amide bonds. The molecule has 4 heteroatoms. The fourth-order valence-corrected chi connectivity index (χ4v) is 2.13. The number of benzene rings is 1. The van der Waals surface area contributed by atoms with Crippen molar-refractivity contribution in [3.63, 3.8) is 0 Å². The molecule has 2 rings (SSSR count). The van der Waals surface area contributed by atoms with E-state index in [4.69, 9.17) is 5.11 Å². The summed E-state index contributed by atoms with van der Waals surface area (Å²) < 4.78 is 0.892. The van der Waals surface area contributed by atoms with Crippen LogP contribution in [0.15, 0.2) is 22.7 Å². The number of halogens is 1. The quantitative estimate of drug-likeness (QED) is 0.892. The topological polar surface area (TPSA) is 49.3 Å². The van der Waals surface area contributed by atoms with Gasteiger partial charge in [0.25, 0.3) is 0 Å². The number of carboxylic acid groups (broad SMARTS) is 1. The Morgan fingerprint density at radius 2 is 2.31 bits per heavy atom. The van der Waals surface area contributed by atoms with E-state index >= 15 is 0 Å². The van der Waals surface area contributed by atoms with Crippen molar-refractivity contribution in [1.82, 2.24) is 0 Å². The van der Waals surface area contributed by atoms with Crippen molar-refractivity contribution in [3.8, 4) is 0 Å². The average Bonchev–Trinajstić information content (AvgIpc) is 2.91. The first kappa shape index (κ1) is 11.5. The van der Waals surface area contributed by atoms with Crippen molar-refractivity contribution in [2.45, 2.75) is 13.3 Å². The molecule has 0 aliphatic heterocycles. The number of rotatable bonds is 4. The predicted octanol–water partition coefficient (Wildman–Crippen LogP) is 3.22. The van der Waals surface area contributed by atoms with Gasteiger partial charge in [0.1, 0.15) is 0 Å². The minimum absolute atomic E-state index is 0.330. The molecule has 3 nitrogen and oxygen atoms in total. The van der Waals surface area contributed by atoms with Gasteiger partial charge in [0.05, 0.1) is 5.56 Å². The molecular weight excluding hydrogens is 270 g/mol. The van der Waals surface area contributed by atoms with Crippen LogP contribution in [-0.4, -0.2) is 17.6 Å². The fraction of sp³-hybridized carbons (Fsp3) is 0.417. The van der Waals surface area contributed by atoms with Crippen molar-refractivity contribution >= 4 is 27.6 Å². The van der Waals surface area contributed by atoms with Gasteiger partial charge in [-0.1, -0.05) is 22.9 Å². The number of hydrogen-bond donors (Lipinski definition) is 2. The van der Waals surface area contributed by atoms with Crippen LogP contribution >= 0.6 is 15.9 Å². The Balaban J connectivity index is 2.10. The fourth-order valence-electron chi connectivity index (χ4n) is 1.77. The number of anilines is 1. The Bertz CT molecular complexity index is 419.